The van der Waals surface area contributed by atoms with Crippen LogP contribution in [0, 0.1) is 0 Å². The molecule has 2 atom stereocenters. The van der Waals surface area contributed by atoms with Crippen LogP contribution in [0.3, 0.4) is 0 Å². The number of nitrogens with two attached hydrogens (primary N) is 1. The summed E-state index contributed by atoms with van der Waals surface area (Å²) in [6, 6.07) is 0.424. The van der Waals surface area contributed by atoms with E-state index in [-0.39, 0.29) is 11.9 Å². The standard InChI is InChI=1S/C11H23N3O/c1-3-10(11(12)15)13-8-9-6-5-7-14(9)4-2/h9-10,13H,3-8H2,1-2H3,(H2,12,15). The van der Waals surface area contributed by atoms with Crippen molar-refractivity contribution in [2.75, 3.05) is 19.6 Å². The lowest BCUT2D eigenvalue weighted by Crippen LogP contribution is -2.46. The molecule has 1 fully saturated rings. The zero-order valence-corrected chi connectivity index (χ0v) is 9.83. The maximum Gasteiger partial charge on any atom is 0.234 e. The first-order valence-corrected chi connectivity index (χ1v) is 5.95. The topological polar surface area (TPSA) is 58.4 Å². The third-order valence-electron chi connectivity index (χ3n) is 3.26. The van der Waals surface area contributed by atoms with Gasteiger partial charge in [-0.2, -0.15) is 0 Å². The molecule has 1 rings (SSSR count). The Morgan fingerprint density at radius 1 is 1.60 bits per heavy atom. The minimum atomic E-state index is -0.237. The lowest BCUT2D eigenvalue weighted by molar-refractivity contribution is -0.120. The second kappa shape index (κ2) is 6.08. The second-order valence-corrected chi connectivity index (χ2v) is 4.20. The summed E-state index contributed by atoms with van der Waals surface area (Å²) in [4.78, 5) is 13.5. The molecule has 0 saturated carbocycles. The van der Waals surface area contributed by atoms with Crippen LogP contribution in [-0.4, -0.2) is 42.5 Å². The Hall–Kier alpha value is -0.610. The minimum Gasteiger partial charge on any atom is -0.368 e. The molecule has 1 saturated heterocycles. The number of nitrogens with one attached hydrogen (secondary N) is 1. The van der Waals surface area contributed by atoms with Crippen molar-refractivity contribution in [3.63, 3.8) is 0 Å². The fourth-order valence-electron chi connectivity index (χ4n) is 2.27. The molecule has 0 radical (unpaired) electrons. The van der Waals surface area contributed by atoms with Crippen LogP contribution in [-0.2, 0) is 4.79 Å². The fraction of sp³-hybridized carbons (Fsp3) is 0.909. The average Bonchev–Trinajstić information content (AvgIpc) is 2.65. The van der Waals surface area contributed by atoms with Crippen LogP contribution in [0.2, 0.25) is 0 Å². The molecule has 0 bridgehead atoms. The summed E-state index contributed by atoms with van der Waals surface area (Å²) < 4.78 is 0. The van der Waals surface area contributed by atoms with Crippen molar-refractivity contribution in [3.8, 4) is 0 Å². The number of rotatable bonds is 6. The van der Waals surface area contributed by atoms with Crippen molar-refractivity contribution in [2.45, 2.75) is 45.2 Å². The molecule has 88 valence electrons. The van der Waals surface area contributed by atoms with E-state index in [2.05, 4.69) is 17.1 Å². The summed E-state index contributed by atoms with van der Waals surface area (Å²) in [5, 5.41) is 3.26. The molecule has 15 heavy (non-hydrogen) atoms. The number of primary amides is 1. The van der Waals surface area contributed by atoms with Crippen molar-refractivity contribution in [1.82, 2.24) is 10.2 Å². The van der Waals surface area contributed by atoms with E-state index in [1.165, 1.54) is 19.4 Å². The minimum absolute atomic E-state index is 0.163. The highest BCUT2D eigenvalue weighted by molar-refractivity contribution is 5.79. The van der Waals surface area contributed by atoms with Crippen LogP contribution in [0.15, 0.2) is 0 Å². The van der Waals surface area contributed by atoms with E-state index in [0.29, 0.717) is 6.04 Å². The quantitative estimate of drug-likeness (QED) is 0.668. The van der Waals surface area contributed by atoms with Crippen molar-refractivity contribution in [1.29, 1.82) is 0 Å². The third kappa shape index (κ3) is 3.47. The molecule has 1 amide bonds. The summed E-state index contributed by atoms with van der Waals surface area (Å²) >= 11 is 0. The largest absolute Gasteiger partial charge is 0.368 e. The van der Waals surface area contributed by atoms with Gasteiger partial charge in [-0.05, 0) is 32.4 Å². The van der Waals surface area contributed by atoms with Crippen molar-refractivity contribution in [2.24, 2.45) is 5.73 Å². The molecule has 2 unspecified atom stereocenters. The molecule has 3 N–H and O–H groups in total. The predicted octanol–water partition coefficient (Wildman–Crippen LogP) is 0.324. The molecular formula is C11H23N3O. The van der Waals surface area contributed by atoms with Gasteiger partial charge in [-0.15, -0.1) is 0 Å². The molecule has 0 spiro atoms. The van der Waals surface area contributed by atoms with Crippen LogP contribution in [0.1, 0.15) is 33.1 Å². The number of carbonyl (C=O) groups is 1. The van der Waals surface area contributed by atoms with Gasteiger partial charge < -0.3 is 11.1 Å². The zero-order chi connectivity index (χ0) is 11.3. The molecule has 0 aromatic carbocycles. The van der Waals surface area contributed by atoms with Gasteiger partial charge in [-0.25, -0.2) is 0 Å². The molecule has 0 aromatic heterocycles. The van der Waals surface area contributed by atoms with Crippen LogP contribution in [0.5, 0.6) is 0 Å². The summed E-state index contributed by atoms with van der Waals surface area (Å²) in [7, 11) is 0. The van der Waals surface area contributed by atoms with E-state index in [1.54, 1.807) is 0 Å². The Bertz CT molecular complexity index is 208. The van der Waals surface area contributed by atoms with Gasteiger partial charge in [-0.1, -0.05) is 13.8 Å². The van der Waals surface area contributed by atoms with E-state index in [0.717, 1.165) is 19.5 Å². The Balaban J connectivity index is 2.32. The summed E-state index contributed by atoms with van der Waals surface area (Å²) in [5.74, 6) is -0.237. The molecule has 4 nitrogen and oxygen atoms in total. The number of nitrogens with zero attached hydrogens (tertiary/aromatic N) is 1. The number of carbonyl (C=O) groups excluding carboxylic acids is 1. The highest BCUT2D eigenvalue weighted by atomic mass is 16.1. The number of hydrogen-bond acceptors (Lipinski definition) is 3. The monoisotopic (exact) mass is 213 g/mol. The highest BCUT2D eigenvalue weighted by Gasteiger charge is 2.24. The Labute approximate surface area is 92.2 Å². The van der Waals surface area contributed by atoms with Gasteiger partial charge in [-0.3, -0.25) is 9.69 Å². The number of hydrogen-bond donors (Lipinski definition) is 2. The lowest BCUT2D eigenvalue weighted by Gasteiger charge is -2.24. The molecule has 1 aliphatic heterocycles. The van der Waals surface area contributed by atoms with E-state index in [4.69, 9.17) is 5.73 Å². The SMILES string of the molecule is CCC(NCC1CCCN1CC)C(N)=O. The van der Waals surface area contributed by atoms with E-state index in [1.807, 2.05) is 6.92 Å². The van der Waals surface area contributed by atoms with Gasteiger partial charge in [0.05, 0.1) is 6.04 Å². The Kier molecular flexibility index (Phi) is 5.05. The van der Waals surface area contributed by atoms with Crippen LogP contribution in [0.25, 0.3) is 0 Å². The first-order chi connectivity index (χ1) is 7.19. The van der Waals surface area contributed by atoms with Crippen molar-refractivity contribution < 1.29 is 4.79 Å². The Morgan fingerprint density at radius 3 is 2.87 bits per heavy atom. The first-order valence-electron chi connectivity index (χ1n) is 5.95. The van der Waals surface area contributed by atoms with E-state index in [9.17, 15) is 4.79 Å². The normalized spacial score (nSPS) is 24.3. The van der Waals surface area contributed by atoms with Gasteiger partial charge in [0.1, 0.15) is 0 Å². The van der Waals surface area contributed by atoms with Crippen molar-refractivity contribution >= 4 is 5.91 Å². The molecule has 1 heterocycles. The second-order valence-electron chi connectivity index (χ2n) is 4.20. The van der Waals surface area contributed by atoms with Gasteiger partial charge >= 0.3 is 0 Å². The average molecular weight is 213 g/mol. The fourth-order valence-corrected chi connectivity index (χ4v) is 2.27. The van der Waals surface area contributed by atoms with Gasteiger partial charge in [0.25, 0.3) is 0 Å². The van der Waals surface area contributed by atoms with Crippen LogP contribution in [0.4, 0.5) is 0 Å². The molecule has 0 aromatic rings. The third-order valence-corrected chi connectivity index (χ3v) is 3.26. The molecule has 1 aliphatic rings. The number of likely N-dealkylation sites (N-methyl/N-ethyl adjacent to an activating group) is 1. The summed E-state index contributed by atoms with van der Waals surface area (Å²) in [5.41, 5.74) is 5.28. The molecular weight excluding hydrogens is 190 g/mol. The predicted molar refractivity (Wildman–Crippen MR) is 61.5 cm³/mol. The zero-order valence-electron chi connectivity index (χ0n) is 9.83. The van der Waals surface area contributed by atoms with Gasteiger partial charge in [0.2, 0.25) is 5.91 Å². The van der Waals surface area contributed by atoms with E-state index >= 15 is 0 Å². The highest BCUT2D eigenvalue weighted by Crippen LogP contribution is 2.15. The van der Waals surface area contributed by atoms with Crippen LogP contribution >= 0.6 is 0 Å². The van der Waals surface area contributed by atoms with E-state index < -0.39 is 0 Å². The first kappa shape index (κ1) is 12.5. The van der Waals surface area contributed by atoms with Gasteiger partial charge in [0, 0.05) is 12.6 Å². The number of likely N-dealkylation sites (tertiary alicyclic amines) is 1. The molecule has 0 aliphatic carbocycles. The Morgan fingerprint density at radius 2 is 2.33 bits per heavy atom. The maximum atomic E-state index is 11.0. The summed E-state index contributed by atoms with van der Waals surface area (Å²) in [6.45, 7) is 7.34. The smallest absolute Gasteiger partial charge is 0.234 e. The van der Waals surface area contributed by atoms with Crippen LogP contribution < -0.4 is 11.1 Å². The molecule has 4 heteroatoms. The number of amides is 1. The van der Waals surface area contributed by atoms with Crippen molar-refractivity contribution in [3.05, 3.63) is 0 Å². The summed E-state index contributed by atoms with van der Waals surface area (Å²) in [6.07, 6.45) is 3.28. The van der Waals surface area contributed by atoms with Gasteiger partial charge in [0.15, 0.2) is 0 Å². The maximum absolute atomic E-state index is 11.0. The lowest BCUT2D eigenvalue weighted by atomic mass is 10.1.